The highest BCUT2D eigenvalue weighted by Crippen LogP contribution is 2.29. The van der Waals surface area contributed by atoms with Crippen LogP contribution < -0.4 is 10.6 Å². The third kappa shape index (κ3) is 3.37. The van der Waals surface area contributed by atoms with Crippen LogP contribution in [-0.2, 0) is 4.74 Å². The first kappa shape index (κ1) is 15.0. The van der Waals surface area contributed by atoms with Crippen molar-refractivity contribution >= 4 is 11.6 Å². The number of hydrogen-bond acceptors (Lipinski definition) is 6. The molecule has 2 rings (SSSR count). The van der Waals surface area contributed by atoms with Gasteiger partial charge in [-0.15, -0.1) is 0 Å². The van der Waals surface area contributed by atoms with E-state index in [9.17, 15) is 5.11 Å². The molecular weight excluding hydrogens is 256 g/mol. The molecule has 1 saturated heterocycles. The minimum Gasteiger partial charge on any atom is -0.386 e. The molecule has 2 heterocycles. The molecule has 1 aromatic heterocycles. The first-order valence-electron chi connectivity index (χ1n) is 7.18. The van der Waals surface area contributed by atoms with Gasteiger partial charge >= 0.3 is 0 Å². The Labute approximate surface area is 120 Å². The molecule has 1 aromatic rings. The van der Waals surface area contributed by atoms with Crippen molar-refractivity contribution in [2.24, 2.45) is 0 Å². The quantitative estimate of drug-likeness (QED) is 0.734. The highest BCUT2D eigenvalue weighted by atomic mass is 16.5. The zero-order valence-corrected chi connectivity index (χ0v) is 12.4. The van der Waals surface area contributed by atoms with Crippen molar-refractivity contribution in [3.05, 3.63) is 11.9 Å². The normalized spacial score (nSPS) is 22.2. The molecule has 0 aromatic carbocycles. The van der Waals surface area contributed by atoms with Crippen molar-refractivity contribution in [1.29, 1.82) is 0 Å². The Hall–Kier alpha value is -1.40. The van der Waals surface area contributed by atoms with Crippen molar-refractivity contribution in [3.63, 3.8) is 0 Å². The number of rotatable bonds is 6. The molecule has 0 saturated carbocycles. The van der Waals surface area contributed by atoms with Crippen LogP contribution in [0.3, 0.4) is 0 Å². The molecule has 1 aliphatic heterocycles. The van der Waals surface area contributed by atoms with E-state index in [1.54, 1.807) is 6.33 Å². The van der Waals surface area contributed by atoms with Crippen LogP contribution in [-0.4, -0.2) is 47.0 Å². The highest BCUT2D eigenvalue weighted by Gasteiger charge is 2.32. The van der Waals surface area contributed by atoms with Crippen LogP contribution in [0, 0.1) is 0 Å². The minimum atomic E-state index is -0.794. The second kappa shape index (κ2) is 6.37. The summed E-state index contributed by atoms with van der Waals surface area (Å²) < 4.78 is 5.25. The van der Waals surface area contributed by atoms with Gasteiger partial charge in [0.1, 0.15) is 23.6 Å². The maximum Gasteiger partial charge on any atom is 0.135 e. The molecule has 6 nitrogen and oxygen atoms in total. The van der Waals surface area contributed by atoms with Gasteiger partial charge in [0.25, 0.3) is 0 Å². The second-order valence-electron chi connectivity index (χ2n) is 5.55. The van der Waals surface area contributed by atoms with E-state index in [1.807, 2.05) is 6.92 Å². The molecule has 0 radical (unpaired) electrons. The van der Waals surface area contributed by atoms with Crippen molar-refractivity contribution in [3.8, 4) is 0 Å². The van der Waals surface area contributed by atoms with Gasteiger partial charge in [-0.25, -0.2) is 9.97 Å². The van der Waals surface area contributed by atoms with Gasteiger partial charge in [0.15, 0.2) is 0 Å². The molecule has 112 valence electrons. The Kier molecular flexibility index (Phi) is 4.77. The number of nitrogens with one attached hydrogen (secondary N) is 2. The van der Waals surface area contributed by atoms with Crippen molar-refractivity contribution in [1.82, 2.24) is 9.97 Å². The van der Waals surface area contributed by atoms with Gasteiger partial charge < -0.3 is 20.5 Å². The summed E-state index contributed by atoms with van der Waals surface area (Å²) in [4.78, 5) is 8.62. The molecule has 0 spiro atoms. The van der Waals surface area contributed by atoms with E-state index in [2.05, 4.69) is 34.4 Å². The van der Waals surface area contributed by atoms with E-state index in [0.717, 1.165) is 23.7 Å². The van der Waals surface area contributed by atoms with Crippen LogP contribution in [0.4, 0.5) is 11.6 Å². The minimum absolute atomic E-state index is 0.294. The van der Waals surface area contributed by atoms with Crippen LogP contribution in [0.1, 0.15) is 38.7 Å². The van der Waals surface area contributed by atoms with Gasteiger partial charge in [-0.1, -0.05) is 13.8 Å². The molecule has 0 amide bonds. The van der Waals surface area contributed by atoms with Crippen molar-refractivity contribution in [2.45, 2.75) is 38.7 Å². The van der Waals surface area contributed by atoms with E-state index in [1.165, 1.54) is 0 Å². The van der Waals surface area contributed by atoms with E-state index in [-0.39, 0.29) is 0 Å². The van der Waals surface area contributed by atoms with Gasteiger partial charge in [-0.2, -0.15) is 0 Å². The second-order valence-corrected chi connectivity index (χ2v) is 5.55. The van der Waals surface area contributed by atoms with E-state index >= 15 is 0 Å². The molecular formula is C14H24N4O2. The summed E-state index contributed by atoms with van der Waals surface area (Å²) >= 11 is 0. The largest absolute Gasteiger partial charge is 0.386 e. The van der Waals surface area contributed by atoms with Crippen LogP contribution in [0.15, 0.2) is 6.33 Å². The van der Waals surface area contributed by atoms with Crippen LogP contribution in [0.5, 0.6) is 0 Å². The molecule has 1 fully saturated rings. The van der Waals surface area contributed by atoms with E-state index in [4.69, 9.17) is 4.74 Å². The molecule has 1 atom stereocenters. The summed E-state index contributed by atoms with van der Waals surface area (Å²) in [6.07, 6.45) is 2.20. The maximum absolute atomic E-state index is 10.3. The SMILES string of the molecule is CCNc1ncnc(NCC2(O)CCOC2)c1C(C)C. The fraction of sp³-hybridized carbons (Fsp3) is 0.714. The molecule has 0 bridgehead atoms. The summed E-state index contributed by atoms with van der Waals surface area (Å²) in [6.45, 7) is 8.50. The van der Waals surface area contributed by atoms with E-state index in [0.29, 0.717) is 32.1 Å². The lowest BCUT2D eigenvalue weighted by Gasteiger charge is -2.23. The maximum atomic E-state index is 10.3. The number of aromatic nitrogens is 2. The van der Waals surface area contributed by atoms with Gasteiger partial charge in [-0.3, -0.25) is 0 Å². The lowest BCUT2D eigenvalue weighted by atomic mass is 10.0. The Morgan fingerprint density at radius 3 is 2.60 bits per heavy atom. The van der Waals surface area contributed by atoms with Crippen LogP contribution >= 0.6 is 0 Å². The molecule has 1 unspecified atom stereocenters. The Balaban J connectivity index is 2.15. The predicted octanol–water partition coefficient (Wildman–Crippen LogP) is 1.60. The molecule has 1 aliphatic rings. The van der Waals surface area contributed by atoms with Crippen LogP contribution in [0.25, 0.3) is 0 Å². The Morgan fingerprint density at radius 2 is 2.05 bits per heavy atom. The summed E-state index contributed by atoms with van der Waals surface area (Å²) in [6, 6.07) is 0. The summed E-state index contributed by atoms with van der Waals surface area (Å²) in [5.41, 5.74) is 0.259. The topological polar surface area (TPSA) is 79.3 Å². The average molecular weight is 280 g/mol. The fourth-order valence-electron chi connectivity index (χ4n) is 2.38. The van der Waals surface area contributed by atoms with Gasteiger partial charge in [0, 0.05) is 31.7 Å². The third-order valence-electron chi connectivity index (χ3n) is 3.47. The fourth-order valence-corrected chi connectivity index (χ4v) is 2.38. The van der Waals surface area contributed by atoms with Gasteiger partial charge in [-0.05, 0) is 12.8 Å². The monoisotopic (exact) mass is 280 g/mol. The smallest absolute Gasteiger partial charge is 0.135 e. The number of ether oxygens (including phenoxy) is 1. The molecule has 0 aliphatic carbocycles. The zero-order chi connectivity index (χ0) is 14.6. The number of anilines is 2. The number of aliphatic hydroxyl groups is 1. The summed E-state index contributed by atoms with van der Waals surface area (Å²) in [5, 5.41) is 16.8. The van der Waals surface area contributed by atoms with Crippen molar-refractivity contribution in [2.75, 3.05) is 36.9 Å². The number of nitrogens with zero attached hydrogens (tertiary/aromatic N) is 2. The number of hydrogen-bond donors (Lipinski definition) is 3. The lowest BCUT2D eigenvalue weighted by molar-refractivity contribution is 0.0381. The highest BCUT2D eigenvalue weighted by molar-refractivity contribution is 5.59. The van der Waals surface area contributed by atoms with E-state index < -0.39 is 5.60 Å². The third-order valence-corrected chi connectivity index (χ3v) is 3.47. The zero-order valence-electron chi connectivity index (χ0n) is 12.4. The standard InChI is InChI=1S/C14H24N4O2/c1-4-15-12-11(10(2)3)13(18-9-17-12)16-7-14(19)5-6-20-8-14/h9-10,19H,4-8H2,1-3H3,(H2,15,16,17,18). The average Bonchev–Trinajstić information content (AvgIpc) is 2.84. The Bertz CT molecular complexity index is 445. The molecule has 3 N–H and O–H groups in total. The van der Waals surface area contributed by atoms with Crippen molar-refractivity contribution < 1.29 is 9.84 Å². The first-order chi connectivity index (χ1) is 9.56. The Morgan fingerprint density at radius 1 is 1.35 bits per heavy atom. The first-order valence-corrected chi connectivity index (χ1v) is 7.18. The van der Waals surface area contributed by atoms with Gasteiger partial charge in [0.05, 0.1) is 6.61 Å². The molecule has 20 heavy (non-hydrogen) atoms. The van der Waals surface area contributed by atoms with Gasteiger partial charge in [0.2, 0.25) is 0 Å². The summed E-state index contributed by atoms with van der Waals surface area (Å²) in [5.74, 6) is 1.93. The molecule has 6 heteroatoms. The van der Waals surface area contributed by atoms with Crippen LogP contribution in [0.2, 0.25) is 0 Å². The summed E-state index contributed by atoms with van der Waals surface area (Å²) in [7, 11) is 0. The lowest BCUT2D eigenvalue weighted by Crippen LogP contribution is -2.37. The predicted molar refractivity (Wildman–Crippen MR) is 79.2 cm³/mol.